The van der Waals surface area contributed by atoms with Crippen LogP contribution in [0.4, 0.5) is 0 Å². The molecule has 0 spiro atoms. The van der Waals surface area contributed by atoms with Crippen LogP contribution in [0.5, 0.6) is 0 Å². The molecule has 9 nitrogen and oxygen atoms in total. The molecule has 3 N–H and O–H groups in total. The molecule has 1 aromatic heterocycles. The molecule has 0 radical (unpaired) electrons. The molecule has 0 saturated heterocycles. The summed E-state index contributed by atoms with van der Waals surface area (Å²) in [6.07, 6.45) is 1.30. The van der Waals surface area contributed by atoms with Crippen LogP contribution in [0.3, 0.4) is 0 Å². The van der Waals surface area contributed by atoms with E-state index in [1.165, 1.54) is 13.1 Å². The van der Waals surface area contributed by atoms with Crippen molar-refractivity contribution < 1.29 is 26.4 Å². The molecule has 0 atom stereocenters. The highest BCUT2D eigenvalue weighted by Gasteiger charge is 2.33. The summed E-state index contributed by atoms with van der Waals surface area (Å²) in [5, 5.41) is 7.88. The smallest absolute Gasteiger partial charge is 0.320 e. The first kappa shape index (κ1) is 19.8. The van der Waals surface area contributed by atoms with Gasteiger partial charge in [0.25, 0.3) is 10.0 Å². The fourth-order valence-electron chi connectivity index (χ4n) is 2.12. The summed E-state index contributed by atoms with van der Waals surface area (Å²) in [5.41, 5.74) is 0.622. The summed E-state index contributed by atoms with van der Waals surface area (Å²) >= 11 is 0.609. The van der Waals surface area contributed by atoms with Crippen LogP contribution in [0.25, 0.3) is 6.08 Å². The Labute approximate surface area is 150 Å². The average molecular weight is 410 g/mol. The van der Waals surface area contributed by atoms with E-state index in [0.717, 1.165) is 4.31 Å². The van der Waals surface area contributed by atoms with E-state index in [1.807, 2.05) is 0 Å². The van der Waals surface area contributed by atoms with Gasteiger partial charge in [0.05, 0.1) is 12.6 Å². The predicted molar refractivity (Wildman–Crippen MR) is 92.7 cm³/mol. The molecule has 0 bridgehead atoms. The topological polar surface area (TPSA) is 136 Å². The first-order valence-corrected chi connectivity index (χ1v) is 11.0. The van der Waals surface area contributed by atoms with Gasteiger partial charge in [-0.1, -0.05) is 0 Å². The Hall–Kier alpha value is -1.47. The van der Waals surface area contributed by atoms with Crippen LogP contribution in [-0.2, 0) is 29.6 Å². The summed E-state index contributed by atoms with van der Waals surface area (Å²) in [6, 6.07) is 1.23. The maximum Gasteiger partial charge on any atom is 0.320 e. The Kier molecular flexibility index (Phi) is 5.59. The Morgan fingerprint density at radius 1 is 1.44 bits per heavy atom. The van der Waals surface area contributed by atoms with Crippen molar-refractivity contribution in [1.82, 2.24) is 9.62 Å². The molecular weight excluding hydrogens is 390 g/mol. The molecule has 12 heteroatoms. The zero-order chi connectivity index (χ0) is 19.0. The van der Waals surface area contributed by atoms with Crippen LogP contribution in [0.2, 0.25) is 0 Å². The van der Waals surface area contributed by atoms with E-state index in [4.69, 9.17) is 9.88 Å². The van der Waals surface area contributed by atoms with Crippen LogP contribution in [-0.4, -0.2) is 53.4 Å². The molecule has 0 fully saturated rings. The molecule has 140 valence electrons. The fraction of sp³-hybridized carbons (Fsp3) is 0.462. The van der Waals surface area contributed by atoms with Crippen LogP contribution in [0, 0.1) is 0 Å². The normalized spacial score (nSPS) is 16.5. The second kappa shape index (κ2) is 7.03. The maximum absolute atomic E-state index is 12.5. The van der Waals surface area contributed by atoms with Gasteiger partial charge in [-0.15, -0.1) is 11.3 Å². The lowest BCUT2D eigenvalue weighted by Crippen LogP contribution is -2.36. The number of ether oxygens (including phenoxy) is 1. The number of likely N-dealkylation sites (N-methyl/N-ethyl adjacent to an activating group) is 1. The van der Waals surface area contributed by atoms with E-state index >= 15 is 0 Å². The molecule has 0 aliphatic carbocycles. The molecule has 0 saturated carbocycles. The minimum Gasteiger partial charge on any atom is -0.462 e. The summed E-state index contributed by atoms with van der Waals surface area (Å²) in [7, 11) is -6.51. The number of rotatable bonds is 6. The van der Waals surface area contributed by atoms with Gasteiger partial charge in [0.15, 0.2) is 0 Å². The number of thiophene rings is 1. The molecule has 1 aliphatic heterocycles. The second-order valence-electron chi connectivity index (χ2n) is 5.60. The number of nitrogens with zero attached hydrogens (tertiary/aromatic N) is 1. The van der Waals surface area contributed by atoms with Crippen LogP contribution in [0.1, 0.15) is 19.4 Å². The van der Waals surface area contributed by atoms with Crippen molar-refractivity contribution in [2.75, 3.05) is 20.1 Å². The standard InChI is InChI=1S/C13H19N3O6S3/c1-8(2)22-11(17)7-15-6-10-4-9-5-12(24(14,18)19)23-13(9)25(20,21)16(10)3/h4-5,8,15H,6-7H2,1-3H3,(H2,14,18,19). The van der Waals surface area contributed by atoms with Gasteiger partial charge >= 0.3 is 5.97 Å². The SMILES string of the molecule is CC(C)OC(=O)CNCC1=Cc2cc(S(N)(=O)=O)sc2S(=O)(=O)N1C. The van der Waals surface area contributed by atoms with Gasteiger partial charge in [-0.05, 0) is 26.0 Å². The van der Waals surface area contributed by atoms with Gasteiger partial charge < -0.3 is 10.1 Å². The zero-order valence-electron chi connectivity index (χ0n) is 13.8. The molecule has 0 amide bonds. The number of fused-ring (bicyclic) bond motifs is 1. The first-order valence-electron chi connectivity index (χ1n) is 7.19. The number of nitrogens with one attached hydrogen (secondary N) is 1. The highest BCUT2D eigenvalue weighted by molar-refractivity contribution is 7.94. The van der Waals surface area contributed by atoms with Crippen molar-refractivity contribution in [2.24, 2.45) is 5.14 Å². The monoisotopic (exact) mass is 409 g/mol. The Balaban J connectivity index is 2.23. The number of hydrogen-bond donors (Lipinski definition) is 2. The zero-order valence-corrected chi connectivity index (χ0v) is 16.3. The lowest BCUT2D eigenvalue weighted by Gasteiger charge is -2.26. The summed E-state index contributed by atoms with van der Waals surface area (Å²) < 4.78 is 53.7. The molecule has 25 heavy (non-hydrogen) atoms. The Bertz CT molecular complexity index is 915. The molecule has 0 unspecified atom stereocenters. The van der Waals surface area contributed by atoms with Crippen LogP contribution < -0.4 is 10.5 Å². The molecule has 1 aromatic rings. The third-order valence-electron chi connectivity index (χ3n) is 3.25. The number of hydrogen-bond acceptors (Lipinski definition) is 8. The largest absolute Gasteiger partial charge is 0.462 e. The highest BCUT2D eigenvalue weighted by Crippen LogP contribution is 2.37. The number of esters is 1. The molecule has 0 aromatic carbocycles. The van der Waals surface area contributed by atoms with Gasteiger partial charge in [0.2, 0.25) is 10.0 Å². The number of sulfonamides is 2. The quantitative estimate of drug-likeness (QED) is 0.627. The summed E-state index contributed by atoms with van der Waals surface area (Å²) in [5.74, 6) is -0.454. The van der Waals surface area contributed by atoms with Gasteiger partial charge in [0.1, 0.15) is 8.42 Å². The summed E-state index contributed by atoms with van der Waals surface area (Å²) in [6.45, 7) is 3.46. The molecular formula is C13H19N3O6S3. The van der Waals surface area contributed by atoms with Gasteiger partial charge in [0, 0.05) is 24.9 Å². The van der Waals surface area contributed by atoms with E-state index < -0.39 is 26.0 Å². The first-order chi connectivity index (χ1) is 11.4. The van der Waals surface area contributed by atoms with Crippen molar-refractivity contribution in [3.05, 3.63) is 17.3 Å². The predicted octanol–water partition coefficient (Wildman–Crippen LogP) is -0.0883. The van der Waals surface area contributed by atoms with E-state index in [0.29, 0.717) is 17.0 Å². The van der Waals surface area contributed by atoms with Crippen molar-refractivity contribution in [1.29, 1.82) is 0 Å². The minimum atomic E-state index is -3.99. The third-order valence-corrected chi connectivity index (χ3v) is 8.15. The molecule has 1 aliphatic rings. The second-order valence-corrected chi connectivity index (χ2v) is 10.6. The third kappa shape index (κ3) is 4.39. The van der Waals surface area contributed by atoms with Gasteiger partial charge in [-0.25, -0.2) is 22.0 Å². The molecule has 2 rings (SSSR count). The van der Waals surface area contributed by atoms with Crippen molar-refractivity contribution in [3.63, 3.8) is 0 Å². The Morgan fingerprint density at radius 3 is 2.64 bits per heavy atom. The highest BCUT2D eigenvalue weighted by atomic mass is 32.3. The fourth-order valence-corrected chi connectivity index (χ4v) is 6.00. The van der Waals surface area contributed by atoms with E-state index in [-0.39, 0.29) is 33.2 Å². The van der Waals surface area contributed by atoms with Crippen molar-refractivity contribution >= 4 is 43.4 Å². The van der Waals surface area contributed by atoms with E-state index in [1.54, 1.807) is 19.9 Å². The maximum atomic E-state index is 12.5. The lowest BCUT2D eigenvalue weighted by molar-refractivity contribution is -0.146. The van der Waals surface area contributed by atoms with Crippen LogP contribution >= 0.6 is 11.3 Å². The van der Waals surface area contributed by atoms with Crippen LogP contribution in [0.15, 0.2) is 20.2 Å². The molecule has 2 heterocycles. The average Bonchev–Trinajstić information content (AvgIpc) is 2.88. The van der Waals surface area contributed by atoms with Gasteiger partial charge in [-0.2, -0.15) is 0 Å². The Morgan fingerprint density at radius 2 is 2.08 bits per heavy atom. The lowest BCUT2D eigenvalue weighted by atomic mass is 10.2. The number of carbonyl (C=O) groups excluding carboxylic acids is 1. The summed E-state index contributed by atoms with van der Waals surface area (Å²) in [4.78, 5) is 11.5. The van der Waals surface area contributed by atoms with E-state index in [9.17, 15) is 21.6 Å². The van der Waals surface area contributed by atoms with Crippen molar-refractivity contribution in [2.45, 2.75) is 28.4 Å². The number of primary sulfonamides is 1. The number of carbonyl (C=O) groups is 1. The number of nitrogens with two attached hydrogens (primary N) is 1. The van der Waals surface area contributed by atoms with E-state index in [2.05, 4.69) is 5.32 Å². The van der Waals surface area contributed by atoms with Gasteiger partial charge in [-0.3, -0.25) is 9.10 Å². The van der Waals surface area contributed by atoms with Crippen molar-refractivity contribution in [3.8, 4) is 0 Å². The minimum absolute atomic E-state index is 0.0810.